The van der Waals surface area contributed by atoms with Crippen molar-refractivity contribution in [3.63, 3.8) is 0 Å². The van der Waals surface area contributed by atoms with Crippen LogP contribution < -0.4 is 4.74 Å². The van der Waals surface area contributed by atoms with Gasteiger partial charge in [0.05, 0.1) is 13.2 Å². The van der Waals surface area contributed by atoms with Gasteiger partial charge < -0.3 is 14.2 Å². The SMILES string of the molecule is CCC1CC2CCCC(C1)C21OOC2(CCC(c3ccc(OCCN4CCOCC4)cc3)CC2)O1. The van der Waals surface area contributed by atoms with Gasteiger partial charge in [-0.15, -0.1) is 0 Å². The van der Waals surface area contributed by atoms with Gasteiger partial charge >= 0.3 is 0 Å². The van der Waals surface area contributed by atoms with Crippen molar-refractivity contribution in [1.29, 1.82) is 0 Å². The van der Waals surface area contributed by atoms with Crippen LogP contribution in [0.15, 0.2) is 24.3 Å². The molecule has 2 atom stereocenters. The first-order valence-corrected chi connectivity index (χ1v) is 14.3. The standard InChI is InChI=1S/C29H43NO5/c1-2-22-20-25-4-3-5-26(21-22)29(25)33-28(34-35-29)12-10-24(11-13-28)23-6-8-27(9-7-23)32-19-16-30-14-17-31-18-15-30/h6-9,22,24-26H,2-5,10-21H2,1H3. The average Bonchev–Trinajstić information content (AvgIpc) is 3.24. The molecule has 2 saturated heterocycles. The second kappa shape index (κ2) is 10.3. The molecule has 2 heterocycles. The molecule has 3 aliphatic carbocycles. The second-order valence-corrected chi connectivity index (χ2v) is 11.6. The van der Waals surface area contributed by atoms with E-state index in [1.165, 1.54) is 44.1 Å². The smallest absolute Gasteiger partial charge is 0.210 e. The molecule has 6 rings (SSSR count). The Morgan fingerprint density at radius 1 is 0.943 bits per heavy atom. The number of morpholine rings is 1. The molecule has 2 unspecified atom stereocenters. The lowest BCUT2D eigenvalue weighted by Crippen LogP contribution is -2.54. The maximum Gasteiger partial charge on any atom is 0.210 e. The fraction of sp³-hybridized carbons (Fsp3) is 0.793. The van der Waals surface area contributed by atoms with Crippen molar-refractivity contribution in [2.45, 2.75) is 88.6 Å². The summed E-state index contributed by atoms with van der Waals surface area (Å²) in [5.41, 5.74) is 1.40. The summed E-state index contributed by atoms with van der Waals surface area (Å²) >= 11 is 0. The zero-order chi connectivity index (χ0) is 23.7. The highest BCUT2D eigenvalue weighted by Crippen LogP contribution is 2.59. The van der Waals surface area contributed by atoms with Gasteiger partial charge in [-0.05, 0) is 68.1 Å². The van der Waals surface area contributed by atoms with E-state index in [1.807, 2.05) is 0 Å². The fourth-order valence-electron chi connectivity index (χ4n) is 7.44. The van der Waals surface area contributed by atoms with E-state index in [4.69, 9.17) is 24.0 Å². The molecule has 35 heavy (non-hydrogen) atoms. The van der Waals surface area contributed by atoms with Crippen LogP contribution in [0.25, 0.3) is 0 Å². The lowest BCUT2D eigenvalue weighted by molar-refractivity contribution is -0.383. The van der Waals surface area contributed by atoms with Gasteiger partial charge in [0.15, 0.2) is 0 Å². The van der Waals surface area contributed by atoms with Gasteiger partial charge in [-0.25, -0.2) is 0 Å². The first-order valence-electron chi connectivity index (χ1n) is 14.3. The van der Waals surface area contributed by atoms with Gasteiger partial charge in [0.2, 0.25) is 11.6 Å². The Morgan fingerprint density at radius 2 is 1.66 bits per heavy atom. The number of nitrogens with zero attached hydrogens (tertiary/aromatic N) is 1. The largest absolute Gasteiger partial charge is 0.492 e. The molecule has 2 bridgehead atoms. The molecular formula is C29H43NO5. The van der Waals surface area contributed by atoms with Crippen LogP contribution in [0.1, 0.15) is 82.6 Å². The van der Waals surface area contributed by atoms with E-state index >= 15 is 0 Å². The molecule has 1 aromatic carbocycles. The summed E-state index contributed by atoms with van der Waals surface area (Å²) in [6.45, 7) is 7.69. The third-order valence-electron chi connectivity index (χ3n) is 9.60. The second-order valence-electron chi connectivity index (χ2n) is 11.6. The van der Waals surface area contributed by atoms with Crippen LogP contribution in [-0.2, 0) is 19.2 Å². The molecule has 5 fully saturated rings. The third-order valence-corrected chi connectivity index (χ3v) is 9.60. The van der Waals surface area contributed by atoms with E-state index in [0.29, 0.717) is 17.8 Å². The van der Waals surface area contributed by atoms with Crippen molar-refractivity contribution < 1.29 is 24.0 Å². The highest BCUT2D eigenvalue weighted by Gasteiger charge is 2.63. The van der Waals surface area contributed by atoms with Gasteiger partial charge in [-0.1, -0.05) is 31.9 Å². The van der Waals surface area contributed by atoms with Crippen LogP contribution in [0.2, 0.25) is 0 Å². The van der Waals surface area contributed by atoms with Crippen molar-refractivity contribution >= 4 is 0 Å². The molecule has 0 aromatic heterocycles. The normalized spacial score (nSPS) is 39.8. The van der Waals surface area contributed by atoms with E-state index in [9.17, 15) is 0 Å². The molecule has 5 aliphatic rings. The third kappa shape index (κ3) is 4.89. The molecule has 0 radical (unpaired) electrons. The Labute approximate surface area is 210 Å². The molecule has 0 N–H and O–H groups in total. The van der Waals surface area contributed by atoms with Gasteiger partial charge in [0.1, 0.15) is 12.4 Å². The van der Waals surface area contributed by atoms with Gasteiger partial charge in [0.25, 0.3) is 0 Å². The number of benzene rings is 1. The van der Waals surface area contributed by atoms with Crippen LogP contribution in [0.5, 0.6) is 5.75 Å². The van der Waals surface area contributed by atoms with Crippen LogP contribution in [0.4, 0.5) is 0 Å². The van der Waals surface area contributed by atoms with Gasteiger partial charge in [-0.3, -0.25) is 4.90 Å². The Morgan fingerprint density at radius 3 is 2.34 bits per heavy atom. The Hall–Kier alpha value is -1.18. The molecule has 3 saturated carbocycles. The molecule has 0 amide bonds. The van der Waals surface area contributed by atoms with Gasteiger partial charge in [0, 0.05) is 44.3 Å². The highest BCUT2D eigenvalue weighted by molar-refractivity contribution is 5.30. The predicted molar refractivity (Wildman–Crippen MR) is 133 cm³/mol. The molecule has 6 heteroatoms. The Balaban J connectivity index is 1.01. The number of rotatable bonds is 6. The van der Waals surface area contributed by atoms with Crippen molar-refractivity contribution in [2.24, 2.45) is 17.8 Å². The zero-order valence-electron chi connectivity index (χ0n) is 21.4. The lowest BCUT2D eigenvalue weighted by atomic mass is 9.63. The first-order chi connectivity index (χ1) is 17.2. The minimum absolute atomic E-state index is 0.475. The van der Waals surface area contributed by atoms with Crippen molar-refractivity contribution in [2.75, 3.05) is 39.5 Å². The van der Waals surface area contributed by atoms with E-state index < -0.39 is 11.6 Å². The van der Waals surface area contributed by atoms with E-state index in [1.54, 1.807) is 0 Å². The number of ether oxygens (including phenoxy) is 3. The van der Waals surface area contributed by atoms with Crippen molar-refractivity contribution in [1.82, 2.24) is 4.90 Å². The maximum absolute atomic E-state index is 6.90. The summed E-state index contributed by atoms with van der Waals surface area (Å²) in [6, 6.07) is 8.76. The lowest BCUT2D eigenvalue weighted by Gasteiger charge is -2.50. The first kappa shape index (κ1) is 24.2. The molecular weight excluding hydrogens is 442 g/mol. The number of hydrogen-bond donors (Lipinski definition) is 0. The molecule has 2 aliphatic heterocycles. The molecule has 1 aromatic rings. The monoisotopic (exact) mass is 485 g/mol. The summed E-state index contributed by atoms with van der Waals surface area (Å²) in [5.74, 6) is 2.30. The Kier molecular flexibility index (Phi) is 7.11. The summed E-state index contributed by atoms with van der Waals surface area (Å²) in [5, 5.41) is 0. The minimum Gasteiger partial charge on any atom is -0.492 e. The average molecular weight is 486 g/mol. The van der Waals surface area contributed by atoms with Gasteiger partial charge in [-0.2, -0.15) is 9.78 Å². The van der Waals surface area contributed by atoms with Crippen molar-refractivity contribution in [3.8, 4) is 5.75 Å². The van der Waals surface area contributed by atoms with Crippen LogP contribution in [0.3, 0.4) is 0 Å². The van der Waals surface area contributed by atoms with Crippen LogP contribution >= 0.6 is 0 Å². The quantitative estimate of drug-likeness (QED) is 0.485. The minimum atomic E-state index is -0.536. The molecule has 6 nitrogen and oxygen atoms in total. The van der Waals surface area contributed by atoms with E-state index in [-0.39, 0.29) is 0 Å². The predicted octanol–water partition coefficient (Wildman–Crippen LogP) is 5.66. The van der Waals surface area contributed by atoms with Crippen LogP contribution in [-0.4, -0.2) is 55.9 Å². The molecule has 194 valence electrons. The summed E-state index contributed by atoms with van der Waals surface area (Å²) in [7, 11) is 0. The zero-order valence-corrected chi connectivity index (χ0v) is 21.4. The highest BCUT2D eigenvalue weighted by atomic mass is 17.3. The Bertz CT molecular complexity index is 816. The maximum atomic E-state index is 6.90. The van der Waals surface area contributed by atoms with Crippen LogP contribution in [0, 0.1) is 17.8 Å². The summed E-state index contributed by atoms with van der Waals surface area (Å²) in [4.78, 5) is 14.7. The van der Waals surface area contributed by atoms with E-state index in [2.05, 4.69) is 36.1 Å². The fourth-order valence-corrected chi connectivity index (χ4v) is 7.44. The summed E-state index contributed by atoms with van der Waals surface area (Å²) in [6.07, 6.45) is 11.4. The van der Waals surface area contributed by atoms with Crippen molar-refractivity contribution in [3.05, 3.63) is 29.8 Å². The topological polar surface area (TPSA) is 49.4 Å². The van der Waals surface area contributed by atoms with E-state index in [0.717, 1.165) is 76.8 Å². The number of hydrogen-bond acceptors (Lipinski definition) is 6. The molecule has 2 spiro atoms. The summed E-state index contributed by atoms with van der Waals surface area (Å²) < 4.78 is 18.3.